The van der Waals surface area contributed by atoms with Crippen LogP contribution in [-0.2, 0) is 16.0 Å². The van der Waals surface area contributed by atoms with Crippen LogP contribution in [0.4, 0.5) is 9.18 Å². The lowest BCUT2D eigenvalue weighted by atomic mass is 9.99. The third-order valence-corrected chi connectivity index (χ3v) is 2.83. The van der Waals surface area contributed by atoms with E-state index in [4.69, 9.17) is 9.84 Å². The minimum Gasteiger partial charge on any atom is -0.481 e. The highest BCUT2D eigenvalue weighted by molar-refractivity contribution is 5.71. The average Bonchev–Trinajstić information content (AvgIpc) is 2.38. The van der Waals surface area contributed by atoms with Gasteiger partial charge in [-0.05, 0) is 30.5 Å². The third kappa shape index (κ3) is 4.53. The summed E-state index contributed by atoms with van der Waals surface area (Å²) in [5.74, 6) is -0.924. The number of halogens is 1. The number of alkyl halides is 1. The van der Waals surface area contributed by atoms with Crippen molar-refractivity contribution >= 4 is 12.1 Å². The molecule has 0 fully saturated rings. The Morgan fingerprint density at radius 3 is 2.65 bits per heavy atom. The van der Waals surface area contributed by atoms with Crippen LogP contribution in [-0.4, -0.2) is 30.5 Å². The maximum absolute atomic E-state index is 13.0. The molecule has 0 aliphatic heterocycles. The quantitative estimate of drug-likeness (QED) is 0.840. The molecule has 2 N–H and O–H groups in total. The van der Waals surface area contributed by atoms with Crippen molar-refractivity contribution < 1.29 is 23.8 Å². The second kappa shape index (κ2) is 7.47. The van der Waals surface area contributed by atoms with Crippen LogP contribution in [0.2, 0.25) is 0 Å². The van der Waals surface area contributed by atoms with E-state index in [-0.39, 0.29) is 13.0 Å². The molecule has 1 aromatic carbocycles. The molecule has 1 unspecified atom stereocenters. The number of hydrogen-bond acceptors (Lipinski definition) is 3. The zero-order valence-corrected chi connectivity index (χ0v) is 11.5. The number of ether oxygens (including phenoxy) is 1. The highest BCUT2D eigenvalue weighted by atomic mass is 19.1. The molecule has 0 spiro atoms. The Hall–Kier alpha value is -2.11. The van der Waals surface area contributed by atoms with Gasteiger partial charge in [-0.25, -0.2) is 9.18 Å². The van der Waals surface area contributed by atoms with Crippen molar-refractivity contribution in [1.29, 1.82) is 0 Å². The van der Waals surface area contributed by atoms with E-state index in [0.717, 1.165) is 5.56 Å². The average molecular weight is 283 g/mol. The summed E-state index contributed by atoms with van der Waals surface area (Å²) in [4.78, 5) is 22.0. The van der Waals surface area contributed by atoms with Crippen LogP contribution in [0, 0.1) is 6.92 Å². The van der Waals surface area contributed by atoms with Crippen molar-refractivity contribution in [3.8, 4) is 0 Å². The molecular formula is C14H18FNO4. The van der Waals surface area contributed by atoms with Crippen LogP contribution in [0.5, 0.6) is 0 Å². The summed E-state index contributed by atoms with van der Waals surface area (Å²) in [5.41, 5.74) is 1.98. The number of carbonyl (C=O) groups excluding carboxylic acids is 1. The summed E-state index contributed by atoms with van der Waals surface area (Å²) in [6, 6.07) is 4.12. The summed E-state index contributed by atoms with van der Waals surface area (Å²) >= 11 is 0. The van der Waals surface area contributed by atoms with E-state index in [1.54, 1.807) is 32.0 Å². The molecule has 0 radical (unpaired) electrons. The molecule has 0 heterocycles. The van der Waals surface area contributed by atoms with Gasteiger partial charge in [0.2, 0.25) is 0 Å². The van der Waals surface area contributed by atoms with Gasteiger partial charge in [0, 0.05) is 0 Å². The Bertz CT molecular complexity index is 490. The van der Waals surface area contributed by atoms with Gasteiger partial charge >= 0.3 is 12.1 Å². The number of carboxylic acids is 1. The monoisotopic (exact) mass is 283 g/mol. The normalized spacial score (nSPS) is 11.8. The first-order valence-corrected chi connectivity index (χ1v) is 6.28. The molecule has 6 heteroatoms. The first kappa shape index (κ1) is 15.9. The van der Waals surface area contributed by atoms with E-state index in [9.17, 15) is 14.0 Å². The van der Waals surface area contributed by atoms with E-state index in [1.807, 2.05) is 0 Å². The number of carbonyl (C=O) groups is 2. The van der Waals surface area contributed by atoms with Crippen molar-refractivity contribution in [2.75, 3.05) is 13.3 Å². The van der Waals surface area contributed by atoms with Crippen molar-refractivity contribution in [3.63, 3.8) is 0 Å². The molecule has 0 saturated carbocycles. The number of carboxylic acid groups (broad SMARTS) is 1. The Morgan fingerprint density at radius 1 is 1.45 bits per heavy atom. The molecule has 0 bridgehead atoms. The van der Waals surface area contributed by atoms with Gasteiger partial charge in [0.1, 0.15) is 6.67 Å². The van der Waals surface area contributed by atoms with E-state index in [0.29, 0.717) is 11.1 Å². The molecule has 1 atom stereocenters. The molecule has 0 aromatic heterocycles. The van der Waals surface area contributed by atoms with Gasteiger partial charge in [0.25, 0.3) is 0 Å². The maximum Gasteiger partial charge on any atom is 0.407 e. The minimum absolute atomic E-state index is 0.0856. The summed E-state index contributed by atoms with van der Waals surface area (Å²) in [7, 11) is 0. The molecule has 20 heavy (non-hydrogen) atoms. The Balaban J connectivity index is 2.85. The lowest BCUT2D eigenvalue weighted by Crippen LogP contribution is -2.30. The van der Waals surface area contributed by atoms with Gasteiger partial charge in [-0.1, -0.05) is 18.2 Å². The number of nitrogens with one attached hydrogen (secondary N) is 1. The molecule has 0 aliphatic carbocycles. The van der Waals surface area contributed by atoms with E-state index >= 15 is 0 Å². The second-order valence-electron chi connectivity index (χ2n) is 4.33. The first-order valence-electron chi connectivity index (χ1n) is 6.28. The zero-order valence-electron chi connectivity index (χ0n) is 11.5. The number of amides is 1. The molecular weight excluding hydrogens is 265 g/mol. The van der Waals surface area contributed by atoms with Gasteiger partial charge in [-0.15, -0.1) is 0 Å². The summed E-state index contributed by atoms with van der Waals surface area (Å²) in [6.45, 7) is 2.86. The number of hydrogen-bond donors (Lipinski definition) is 2. The van der Waals surface area contributed by atoms with Crippen LogP contribution in [0.3, 0.4) is 0 Å². The number of aliphatic carboxylic acids is 1. The van der Waals surface area contributed by atoms with Gasteiger partial charge in [-0.3, -0.25) is 4.79 Å². The number of rotatable bonds is 6. The highest BCUT2D eigenvalue weighted by Crippen LogP contribution is 2.19. The van der Waals surface area contributed by atoms with Crippen LogP contribution >= 0.6 is 0 Å². The van der Waals surface area contributed by atoms with Gasteiger partial charge in [-0.2, -0.15) is 0 Å². The molecule has 1 rings (SSSR count). The fourth-order valence-corrected chi connectivity index (χ4v) is 1.82. The molecule has 1 aromatic rings. The number of aryl methyl sites for hydroxylation is 1. The predicted octanol–water partition coefficient (Wildman–Crippen LogP) is 2.38. The fraction of sp³-hybridized carbons (Fsp3) is 0.429. The van der Waals surface area contributed by atoms with Crippen molar-refractivity contribution in [2.45, 2.75) is 26.3 Å². The molecule has 110 valence electrons. The summed E-state index contributed by atoms with van der Waals surface area (Å²) in [5, 5.41) is 11.2. The Kier molecular flexibility index (Phi) is 5.96. The van der Waals surface area contributed by atoms with E-state index in [2.05, 4.69) is 5.32 Å². The first-order chi connectivity index (χ1) is 9.47. The van der Waals surface area contributed by atoms with Crippen LogP contribution < -0.4 is 5.32 Å². The summed E-state index contributed by atoms with van der Waals surface area (Å²) in [6.07, 6.45) is -0.764. The van der Waals surface area contributed by atoms with E-state index in [1.165, 1.54) is 0 Å². The largest absolute Gasteiger partial charge is 0.481 e. The van der Waals surface area contributed by atoms with Gasteiger partial charge < -0.3 is 15.2 Å². The standard InChI is InChI=1S/C14H18FNO4/c1-3-20-14(19)16-12(8-15)11-5-4-10(7-13(17)18)9(2)6-11/h4-6,12H,3,7-8H2,1-2H3,(H,16,19)(H,17,18). The highest BCUT2D eigenvalue weighted by Gasteiger charge is 2.16. The minimum atomic E-state index is -0.924. The maximum atomic E-state index is 13.0. The SMILES string of the molecule is CCOC(=O)NC(CF)c1ccc(CC(=O)O)c(C)c1. The number of alkyl carbamates (subject to hydrolysis) is 1. The van der Waals surface area contributed by atoms with Crippen molar-refractivity contribution in [1.82, 2.24) is 5.32 Å². The summed E-state index contributed by atoms with van der Waals surface area (Å²) < 4.78 is 17.7. The van der Waals surface area contributed by atoms with Crippen molar-refractivity contribution in [3.05, 3.63) is 34.9 Å². The third-order valence-electron chi connectivity index (χ3n) is 2.83. The Morgan fingerprint density at radius 2 is 2.15 bits per heavy atom. The van der Waals surface area contributed by atoms with E-state index < -0.39 is 24.8 Å². The van der Waals surface area contributed by atoms with Crippen molar-refractivity contribution in [2.24, 2.45) is 0 Å². The Labute approximate surface area is 116 Å². The van der Waals surface area contributed by atoms with Crippen LogP contribution in [0.15, 0.2) is 18.2 Å². The number of benzene rings is 1. The smallest absolute Gasteiger partial charge is 0.407 e. The topological polar surface area (TPSA) is 75.6 Å². The van der Waals surface area contributed by atoms with Crippen LogP contribution in [0.25, 0.3) is 0 Å². The lowest BCUT2D eigenvalue weighted by molar-refractivity contribution is -0.136. The molecule has 1 amide bonds. The zero-order chi connectivity index (χ0) is 15.1. The second-order valence-corrected chi connectivity index (χ2v) is 4.33. The molecule has 0 saturated heterocycles. The predicted molar refractivity (Wildman–Crippen MR) is 71.4 cm³/mol. The van der Waals surface area contributed by atoms with Crippen LogP contribution in [0.1, 0.15) is 29.7 Å². The lowest BCUT2D eigenvalue weighted by Gasteiger charge is -2.17. The van der Waals surface area contributed by atoms with Gasteiger partial charge in [0.05, 0.1) is 19.1 Å². The fourth-order valence-electron chi connectivity index (χ4n) is 1.82. The molecule has 5 nitrogen and oxygen atoms in total. The van der Waals surface area contributed by atoms with Gasteiger partial charge in [0.15, 0.2) is 0 Å². The molecule has 0 aliphatic rings.